The standard InChI is InChI=1S/C18H22O3/c1-4-20-17-7-5-6-8-18(17)21-12-16(19)15-11-13(2)9-10-14(15)3/h5-11,16,19H,4,12H2,1-3H3. The second-order valence-electron chi connectivity index (χ2n) is 5.07. The lowest BCUT2D eigenvalue weighted by molar-refractivity contribution is 0.105. The van der Waals surface area contributed by atoms with Crippen molar-refractivity contribution in [3.8, 4) is 11.5 Å². The van der Waals surface area contributed by atoms with E-state index in [2.05, 4.69) is 0 Å². The fourth-order valence-corrected chi connectivity index (χ4v) is 2.22. The molecule has 0 aliphatic rings. The molecule has 1 unspecified atom stereocenters. The minimum absolute atomic E-state index is 0.203. The summed E-state index contributed by atoms with van der Waals surface area (Å²) < 4.78 is 11.2. The summed E-state index contributed by atoms with van der Waals surface area (Å²) in [5.41, 5.74) is 3.10. The molecule has 0 aliphatic heterocycles. The Morgan fingerprint density at radius 2 is 1.67 bits per heavy atom. The lowest BCUT2D eigenvalue weighted by Gasteiger charge is -2.17. The van der Waals surface area contributed by atoms with Gasteiger partial charge in [-0.1, -0.05) is 35.9 Å². The van der Waals surface area contributed by atoms with Crippen molar-refractivity contribution in [2.45, 2.75) is 26.9 Å². The Labute approximate surface area is 126 Å². The molecule has 0 radical (unpaired) electrons. The van der Waals surface area contributed by atoms with E-state index < -0.39 is 6.10 Å². The monoisotopic (exact) mass is 286 g/mol. The molecule has 2 aromatic rings. The van der Waals surface area contributed by atoms with Crippen molar-refractivity contribution < 1.29 is 14.6 Å². The first-order valence-electron chi connectivity index (χ1n) is 7.21. The smallest absolute Gasteiger partial charge is 0.161 e. The minimum Gasteiger partial charge on any atom is -0.490 e. The molecule has 21 heavy (non-hydrogen) atoms. The predicted octanol–water partition coefficient (Wildman–Crippen LogP) is 3.81. The van der Waals surface area contributed by atoms with Crippen LogP contribution in [0.3, 0.4) is 0 Å². The summed E-state index contributed by atoms with van der Waals surface area (Å²) in [6, 6.07) is 13.6. The zero-order valence-corrected chi connectivity index (χ0v) is 12.8. The Hall–Kier alpha value is -2.00. The van der Waals surface area contributed by atoms with Gasteiger partial charge in [-0.3, -0.25) is 0 Å². The van der Waals surface area contributed by atoms with Crippen molar-refractivity contribution in [1.82, 2.24) is 0 Å². The number of benzene rings is 2. The third-order valence-electron chi connectivity index (χ3n) is 3.34. The molecule has 0 saturated carbocycles. The Morgan fingerprint density at radius 1 is 1.00 bits per heavy atom. The largest absolute Gasteiger partial charge is 0.490 e. The van der Waals surface area contributed by atoms with Crippen LogP contribution in [0.4, 0.5) is 0 Å². The highest BCUT2D eigenvalue weighted by Crippen LogP contribution is 2.28. The lowest BCUT2D eigenvalue weighted by Crippen LogP contribution is -2.11. The number of hydrogen-bond donors (Lipinski definition) is 1. The molecule has 0 spiro atoms. The molecule has 1 atom stereocenters. The third-order valence-corrected chi connectivity index (χ3v) is 3.34. The van der Waals surface area contributed by atoms with Crippen molar-refractivity contribution in [3.05, 3.63) is 59.2 Å². The molecule has 2 aromatic carbocycles. The third kappa shape index (κ3) is 3.99. The Bertz CT molecular complexity index is 593. The molecule has 3 heteroatoms. The van der Waals surface area contributed by atoms with Gasteiger partial charge in [-0.05, 0) is 44.0 Å². The molecular formula is C18H22O3. The van der Waals surface area contributed by atoms with E-state index in [1.54, 1.807) is 0 Å². The van der Waals surface area contributed by atoms with Crippen LogP contribution in [0.5, 0.6) is 11.5 Å². The number of aliphatic hydroxyl groups excluding tert-OH is 1. The van der Waals surface area contributed by atoms with E-state index >= 15 is 0 Å². The van der Waals surface area contributed by atoms with Gasteiger partial charge in [-0.15, -0.1) is 0 Å². The minimum atomic E-state index is -0.653. The van der Waals surface area contributed by atoms with Gasteiger partial charge in [0.15, 0.2) is 11.5 Å². The maximum Gasteiger partial charge on any atom is 0.161 e. The molecule has 1 N–H and O–H groups in total. The molecule has 2 rings (SSSR count). The summed E-state index contributed by atoms with van der Waals surface area (Å²) in [4.78, 5) is 0. The topological polar surface area (TPSA) is 38.7 Å². The average Bonchev–Trinajstić information content (AvgIpc) is 2.49. The van der Waals surface area contributed by atoms with Crippen LogP contribution in [-0.4, -0.2) is 18.3 Å². The predicted molar refractivity (Wildman–Crippen MR) is 84.0 cm³/mol. The van der Waals surface area contributed by atoms with Crippen LogP contribution < -0.4 is 9.47 Å². The number of hydrogen-bond acceptors (Lipinski definition) is 3. The first kappa shape index (κ1) is 15.4. The van der Waals surface area contributed by atoms with Gasteiger partial charge in [0.2, 0.25) is 0 Å². The number of para-hydroxylation sites is 2. The van der Waals surface area contributed by atoms with Crippen LogP contribution in [0.1, 0.15) is 29.7 Å². The fraction of sp³-hybridized carbons (Fsp3) is 0.333. The van der Waals surface area contributed by atoms with E-state index in [1.165, 1.54) is 0 Å². The van der Waals surface area contributed by atoms with E-state index in [0.717, 1.165) is 16.7 Å². The van der Waals surface area contributed by atoms with Crippen molar-refractivity contribution in [2.75, 3.05) is 13.2 Å². The molecule has 0 heterocycles. The van der Waals surface area contributed by atoms with Gasteiger partial charge in [-0.2, -0.15) is 0 Å². The number of aryl methyl sites for hydroxylation is 2. The van der Waals surface area contributed by atoms with Crippen molar-refractivity contribution >= 4 is 0 Å². The first-order chi connectivity index (χ1) is 10.1. The average molecular weight is 286 g/mol. The lowest BCUT2D eigenvalue weighted by atomic mass is 10.0. The molecular weight excluding hydrogens is 264 g/mol. The van der Waals surface area contributed by atoms with Crippen LogP contribution in [0, 0.1) is 13.8 Å². The SMILES string of the molecule is CCOc1ccccc1OCC(O)c1cc(C)ccc1C. The van der Waals surface area contributed by atoms with E-state index in [9.17, 15) is 5.11 Å². The summed E-state index contributed by atoms with van der Waals surface area (Å²) in [6.07, 6.45) is -0.653. The second-order valence-corrected chi connectivity index (χ2v) is 5.07. The molecule has 0 amide bonds. The van der Waals surface area contributed by atoms with Gasteiger partial charge in [0, 0.05) is 0 Å². The molecule has 0 fully saturated rings. The van der Waals surface area contributed by atoms with Gasteiger partial charge in [0.1, 0.15) is 12.7 Å². The molecule has 0 aromatic heterocycles. The maximum atomic E-state index is 10.3. The van der Waals surface area contributed by atoms with Crippen LogP contribution in [0.25, 0.3) is 0 Å². The summed E-state index contributed by atoms with van der Waals surface area (Å²) in [5.74, 6) is 1.36. The summed E-state index contributed by atoms with van der Waals surface area (Å²) >= 11 is 0. The Kier molecular flexibility index (Phi) is 5.23. The van der Waals surface area contributed by atoms with Gasteiger partial charge in [0.25, 0.3) is 0 Å². The van der Waals surface area contributed by atoms with E-state index in [0.29, 0.717) is 18.1 Å². The van der Waals surface area contributed by atoms with E-state index in [4.69, 9.17) is 9.47 Å². The normalized spacial score (nSPS) is 12.0. The van der Waals surface area contributed by atoms with Crippen LogP contribution in [-0.2, 0) is 0 Å². The highest BCUT2D eigenvalue weighted by atomic mass is 16.5. The molecule has 0 aliphatic carbocycles. The zero-order valence-electron chi connectivity index (χ0n) is 12.8. The second kappa shape index (κ2) is 7.14. The number of rotatable bonds is 6. The van der Waals surface area contributed by atoms with Gasteiger partial charge < -0.3 is 14.6 Å². The van der Waals surface area contributed by atoms with Gasteiger partial charge >= 0.3 is 0 Å². The summed E-state index contributed by atoms with van der Waals surface area (Å²) in [6.45, 7) is 6.73. The van der Waals surface area contributed by atoms with Crippen molar-refractivity contribution in [2.24, 2.45) is 0 Å². The Balaban J connectivity index is 2.07. The number of aliphatic hydroxyl groups is 1. The molecule has 0 bridgehead atoms. The van der Waals surface area contributed by atoms with Crippen LogP contribution in [0.15, 0.2) is 42.5 Å². The zero-order chi connectivity index (χ0) is 15.2. The van der Waals surface area contributed by atoms with E-state index in [1.807, 2.05) is 63.2 Å². The van der Waals surface area contributed by atoms with Gasteiger partial charge in [0.05, 0.1) is 6.61 Å². The van der Waals surface area contributed by atoms with E-state index in [-0.39, 0.29) is 6.61 Å². The molecule has 3 nitrogen and oxygen atoms in total. The fourth-order valence-electron chi connectivity index (χ4n) is 2.22. The summed E-state index contributed by atoms with van der Waals surface area (Å²) in [5, 5.41) is 10.3. The van der Waals surface area contributed by atoms with Crippen molar-refractivity contribution in [1.29, 1.82) is 0 Å². The molecule has 112 valence electrons. The molecule has 0 saturated heterocycles. The maximum absolute atomic E-state index is 10.3. The van der Waals surface area contributed by atoms with Gasteiger partial charge in [-0.25, -0.2) is 0 Å². The Morgan fingerprint density at radius 3 is 2.33 bits per heavy atom. The number of ether oxygens (including phenoxy) is 2. The highest BCUT2D eigenvalue weighted by molar-refractivity contribution is 5.39. The highest BCUT2D eigenvalue weighted by Gasteiger charge is 2.13. The van der Waals surface area contributed by atoms with Crippen LogP contribution >= 0.6 is 0 Å². The van der Waals surface area contributed by atoms with Crippen LogP contribution in [0.2, 0.25) is 0 Å². The quantitative estimate of drug-likeness (QED) is 0.877. The summed E-state index contributed by atoms with van der Waals surface area (Å²) in [7, 11) is 0. The first-order valence-corrected chi connectivity index (χ1v) is 7.21. The van der Waals surface area contributed by atoms with Crippen molar-refractivity contribution in [3.63, 3.8) is 0 Å².